The number of halogens is 1. The van der Waals surface area contributed by atoms with Crippen LogP contribution in [-0.4, -0.2) is 29.7 Å². The van der Waals surface area contributed by atoms with Gasteiger partial charge < -0.3 is 10.4 Å². The van der Waals surface area contributed by atoms with Crippen LogP contribution in [0.15, 0.2) is 18.2 Å². The van der Waals surface area contributed by atoms with Gasteiger partial charge in [0, 0.05) is 6.54 Å². The standard InChI is InChI=1S/C14H17FN2O3/c1-8(2)12(13(18)19)16-14(20)17-6-5-9-3-4-10(15)7-11(9)17/h3-4,7-8,12H,5-6H2,1-2H3,(H,16,20)(H,18,19)/t12-/m1/s1. The van der Waals surface area contributed by atoms with Gasteiger partial charge in [-0.1, -0.05) is 19.9 Å². The van der Waals surface area contributed by atoms with E-state index in [1.807, 2.05) is 0 Å². The van der Waals surface area contributed by atoms with Crippen molar-refractivity contribution in [3.8, 4) is 0 Å². The lowest BCUT2D eigenvalue weighted by Crippen LogP contribution is -2.49. The SMILES string of the molecule is CC(C)[C@@H](NC(=O)N1CCc2ccc(F)cc21)C(=O)O. The van der Waals surface area contributed by atoms with Crippen molar-refractivity contribution < 1.29 is 19.1 Å². The summed E-state index contributed by atoms with van der Waals surface area (Å²) in [5.74, 6) is -1.72. The highest BCUT2D eigenvalue weighted by molar-refractivity contribution is 5.96. The van der Waals surface area contributed by atoms with Crippen LogP contribution in [-0.2, 0) is 11.2 Å². The van der Waals surface area contributed by atoms with Gasteiger partial charge in [0.05, 0.1) is 5.69 Å². The fourth-order valence-electron chi connectivity index (χ4n) is 2.29. The number of nitrogens with one attached hydrogen (secondary N) is 1. The molecule has 0 saturated carbocycles. The Bertz CT molecular complexity index is 545. The normalized spacial score (nSPS) is 15.1. The molecule has 1 aliphatic rings. The zero-order valence-corrected chi connectivity index (χ0v) is 11.4. The Morgan fingerprint density at radius 2 is 2.10 bits per heavy atom. The predicted molar refractivity (Wildman–Crippen MR) is 72.2 cm³/mol. The molecule has 108 valence electrons. The van der Waals surface area contributed by atoms with Crippen LogP contribution in [0.5, 0.6) is 0 Å². The number of urea groups is 1. The first kappa shape index (κ1) is 14.3. The summed E-state index contributed by atoms with van der Waals surface area (Å²) in [5, 5.41) is 11.6. The van der Waals surface area contributed by atoms with E-state index < -0.39 is 23.9 Å². The van der Waals surface area contributed by atoms with Crippen LogP contribution in [0, 0.1) is 11.7 Å². The molecular formula is C14H17FN2O3. The number of aliphatic carboxylic acids is 1. The minimum absolute atomic E-state index is 0.231. The van der Waals surface area contributed by atoms with Gasteiger partial charge in [0.25, 0.3) is 0 Å². The number of hydrogen-bond acceptors (Lipinski definition) is 2. The largest absolute Gasteiger partial charge is 0.480 e. The van der Waals surface area contributed by atoms with Gasteiger partial charge >= 0.3 is 12.0 Å². The number of rotatable bonds is 3. The molecule has 1 aromatic carbocycles. The molecule has 1 aliphatic heterocycles. The maximum Gasteiger partial charge on any atom is 0.326 e. The van der Waals surface area contributed by atoms with Gasteiger partial charge in [0.1, 0.15) is 11.9 Å². The van der Waals surface area contributed by atoms with Crippen molar-refractivity contribution in [2.24, 2.45) is 5.92 Å². The number of carboxylic acid groups (broad SMARTS) is 1. The van der Waals surface area contributed by atoms with Gasteiger partial charge in [0.15, 0.2) is 0 Å². The molecule has 0 saturated heterocycles. The average Bonchev–Trinajstić information content (AvgIpc) is 2.77. The minimum atomic E-state index is -1.08. The zero-order chi connectivity index (χ0) is 14.9. The Morgan fingerprint density at radius 1 is 1.40 bits per heavy atom. The van der Waals surface area contributed by atoms with Gasteiger partial charge in [-0.15, -0.1) is 0 Å². The third-order valence-corrected chi connectivity index (χ3v) is 3.40. The van der Waals surface area contributed by atoms with Gasteiger partial charge in [-0.25, -0.2) is 14.0 Å². The minimum Gasteiger partial charge on any atom is -0.480 e. The summed E-state index contributed by atoms with van der Waals surface area (Å²) in [7, 11) is 0. The van der Waals surface area contributed by atoms with Crippen LogP contribution >= 0.6 is 0 Å². The van der Waals surface area contributed by atoms with Crippen LogP contribution in [0.3, 0.4) is 0 Å². The van der Waals surface area contributed by atoms with E-state index in [9.17, 15) is 14.0 Å². The molecule has 2 rings (SSSR count). The van der Waals surface area contributed by atoms with Crippen molar-refractivity contribution in [2.45, 2.75) is 26.3 Å². The average molecular weight is 280 g/mol. The molecule has 0 radical (unpaired) electrons. The number of hydrogen-bond donors (Lipinski definition) is 2. The number of carboxylic acids is 1. The summed E-state index contributed by atoms with van der Waals surface area (Å²) in [4.78, 5) is 24.7. The highest BCUT2D eigenvalue weighted by Gasteiger charge is 2.30. The summed E-state index contributed by atoms with van der Waals surface area (Å²) in [6.45, 7) is 3.86. The molecule has 0 bridgehead atoms. The van der Waals surface area contributed by atoms with E-state index >= 15 is 0 Å². The number of carbonyl (C=O) groups is 2. The lowest BCUT2D eigenvalue weighted by molar-refractivity contribution is -0.140. The van der Waals surface area contributed by atoms with Gasteiger partial charge in [-0.3, -0.25) is 4.90 Å². The monoisotopic (exact) mass is 280 g/mol. The van der Waals surface area contributed by atoms with Gasteiger partial charge in [-0.2, -0.15) is 0 Å². The quantitative estimate of drug-likeness (QED) is 0.889. The van der Waals surface area contributed by atoms with E-state index in [0.717, 1.165) is 5.56 Å². The Kier molecular flexibility index (Phi) is 3.92. The highest BCUT2D eigenvalue weighted by atomic mass is 19.1. The van der Waals surface area contributed by atoms with Gasteiger partial charge in [-0.05, 0) is 30.0 Å². The van der Waals surface area contributed by atoms with E-state index in [4.69, 9.17) is 5.11 Å². The maximum atomic E-state index is 13.3. The fourth-order valence-corrected chi connectivity index (χ4v) is 2.29. The number of anilines is 1. The van der Waals surface area contributed by atoms with Crippen LogP contribution in [0.2, 0.25) is 0 Å². The summed E-state index contributed by atoms with van der Waals surface area (Å²) >= 11 is 0. The summed E-state index contributed by atoms with van der Waals surface area (Å²) in [5.41, 5.74) is 1.40. The summed E-state index contributed by atoms with van der Waals surface area (Å²) in [6, 6.07) is 2.84. The molecule has 1 aromatic rings. The third-order valence-electron chi connectivity index (χ3n) is 3.40. The first-order chi connectivity index (χ1) is 9.40. The molecule has 20 heavy (non-hydrogen) atoms. The lowest BCUT2D eigenvalue weighted by atomic mass is 10.1. The first-order valence-corrected chi connectivity index (χ1v) is 6.49. The Morgan fingerprint density at radius 3 is 2.70 bits per heavy atom. The van der Waals surface area contributed by atoms with E-state index in [1.54, 1.807) is 19.9 Å². The lowest BCUT2D eigenvalue weighted by Gasteiger charge is -2.23. The van der Waals surface area contributed by atoms with Crippen molar-refractivity contribution in [3.05, 3.63) is 29.6 Å². The van der Waals surface area contributed by atoms with E-state index in [1.165, 1.54) is 17.0 Å². The molecule has 6 heteroatoms. The number of fused-ring (bicyclic) bond motifs is 1. The number of carbonyl (C=O) groups excluding carboxylic acids is 1. The molecule has 0 spiro atoms. The highest BCUT2D eigenvalue weighted by Crippen LogP contribution is 2.28. The zero-order valence-electron chi connectivity index (χ0n) is 11.4. The molecule has 0 fully saturated rings. The molecule has 5 nitrogen and oxygen atoms in total. The van der Waals surface area contributed by atoms with Crippen LogP contribution in [0.25, 0.3) is 0 Å². The molecule has 0 aromatic heterocycles. The smallest absolute Gasteiger partial charge is 0.326 e. The summed E-state index contributed by atoms with van der Waals surface area (Å²) < 4.78 is 13.3. The second-order valence-electron chi connectivity index (χ2n) is 5.18. The Balaban J connectivity index is 2.16. The molecule has 0 aliphatic carbocycles. The van der Waals surface area contributed by atoms with Crippen molar-refractivity contribution in [1.29, 1.82) is 0 Å². The Hall–Kier alpha value is -2.11. The maximum absolute atomic E-state index is 13.3. The number of nitrogens with zero attached hydrogens (tertiary/aromatic N) is 1. The molecule has 2 amide bonds. The van der Waals surface area contributed by atoms with E-state index in [-0.39, 0.29) is 5.92 Å². The van der Waals surface area contributed by atoms with Crippen molar-refractivity contribution in [1.82, 2.24) is 5.32 Å². The van der Waals surface area contributed by atoms with Crippen molar-refractivity contribution >= 4 is 17.7 Å². The van der Waals surface area contributed by atoms with Crippen molar-refractivity contribution in [2.75, 3.05) is 11.4 Å². The number of benzene rings is 1. The molecule has 1 atom stereocenters. The summed E-state index contributed by atoms with van der Waals surface area (Å²) in [6.07, 6.45) is 0.641. The molecule has 1 heterocycles. The topological polar surface area (TPSA) is 69.6 Å². The second kappa shape index (κ2) is 5.48. The molecule has 2 N–H and O–H groups in total. The third kappa shape index (κ3) is 2.74. The molecular weight excluding hydrogens is 263 g/mol. The van der Waals surface area contributed by atoms with Crippen LogP contribution in [0.1, 0.15) is 19.4 Å². The second-order valence-corrected chi connectivity index (χ2v) is 5.18. The Labute approximate surface area is 116 Å². The van der Waals surface area contributed by atoms with Crippen LogP contribution in [0.4, 0.5) is 14.9 Å². The predicted octanol–water partition coefficient (Wildman–Crippen LogP) is 2.01. The van der Waals surface area contributed by atoms with Crippen LogP contribution < -0.4 is 10.2 Å². The van der Waals surface area contributed by atoms with Gasteiger partial charge in [0.2, 0.25) is 0 Å². The van der Waals surface area contributed by atoms with E-state index in [0.29, 0.717) is 18.7 Å². The first-order valence-electron chi connectivity index (χ1n) is 6.49. The fraction of sp³-hybridized carbons (Fsp3) is 0.429. The van der Waals surface area contributed by atoms with Crippen molar-refractivity contribution in [3.63, 3.8) is 0 Å². The number of amides is 2. The molecule has 0 unspecified atom stereocenters. The van der Waals surface area contributed by atoms with E-state index in [2.05, 4.69) is 5.32 Å².